The lowest BCUT2D eigenvalue weighted by molar-refractivity contribution is -0.154. The lowest BCUT2D eigenvalue weighted by Gasteiger charge is -2.23. The zero-order chi connectivity index (χ0) is 20.9. The van der Waals surface area contributed by atoms with Gasteiger partial charge in [-0.3, -0.25) is 14.5 Å². The maximum atomic E-state index is 12.5. The summed E-state index contributed by atoms with van der Waals surface area (Å²) < 4.78 is 41.6. The third-order valence-electron chi connectivity index (χ3n) is 4.45. The Balaban J connectivity index is 1.97. The number of carbonyl (C=O) groups is 3. The van der Waals surface area contributed by atoms with Crippen LogP contribution in [0.25, 0.3) is 0 Å². The number of halogens is 3. The summed E-state index contributed by atoms with van der Waals surface area (Å²) >= 11 is 0. The Kier molecular flexibility index (Phi) is 6.47. The highest BCUT2D eigenvalue weighted by Gasteiger charge is 2.49. The molecule has 0 saturated carbocycles. The van der Waals surface area contributed by atoms with Crippen molar-refractivity contribution in [1.29, 1.82) is 0 Å². The molecule has 154 valence electrons. The standard InChI is InChI=1S/C17H21F3N4O4/c1-3-16(4-2)14(26)24(15(27)23-16)9-12(25)22-8-11-6-5-7-21-13(11)28-10-17(18,19)20/h5-7H,3-4,8-10H2,1-2H3,(H,22,25)(H,23,27). The first kappa shape index (κ1) is 21.5. The summed E-state index contributed by atoms with van der Waals surface area (Å²) in [7, 11) is 0. The molecule has 11 heteroatoms. The number of pyridine rings is 1. The fourth-order valence-corrected chi connectivity index (χ4v) is 2.78. The van der Waals surface area contributed by atoms with Gasteiger partial charge in [0.1, 0.15) is 12.1 Å². The largest absolute Gasteiger partial charge is 0.468 e. The first-order valence-corrected chi connectivity index (χ1v) is 8.66. The number of imide groups is 1. The van der Waals surface area contributed by atoms with Crippen LogP contribution in [0.4, 0.5) is 18.0 Å². The number of urea groups is 1. The van der Waals surface area contributed by atoms with Crippen LogP contribution in [0.1, 0.15) is 32.3 Å². The van der Waals surface area contributed by atoms with Crippen molar-refractivity contribution >= 4 is 17.8 Å². The molecule has 0 aliphatic carbocycles. The topological polar surface area (TPSA) is 101 Å². The summed E-state index contributed by atoms with van der Waals surface area (Å²) in [6, 6.07) is 2.28. The van der Waals surface area contributed by atoms with Gasteiger partial charge >= 0.3 is 12.2 Å². The molecule has 1 aliphatic rings. The lowest BCUT2D eigenvalue weighted by atomic mass is 9.93. The number of alkyl halides is 3. The molecule has 28 heavy (non-hydrogen) atoms. The average Bonchev–Trinajstić information content (AvgIpc) is 2.89. The minimum Gasteiger partial charge on any atom is -0.468 e. The van der Waals surface area contributed by atoms with Gasteiger partial charge in [-0.05, 0) is 18.9 Å². The van der Waals surface area contributed by atoms with Crippen LogP contribution in [-0.4, -0.2) is 52.6 Å². The number of hydrogen-bond acceptors (Lipinski definition) is 5. The number of amides is 4. The minimum atomic E-state index is -4.52. The van der Waals surface area contributed by atoms with Gasteiger partial charge in [-0.1, -0.05) is 19.9 Å². The second-order valence-electron chi connectivity index (χ2n) is 6.26. The van der Waals surface area contributed by atoms with E-state index in [2.05, 4.69) is 20.4 Å². The Morgan fingerprint density at radius 1 is 1.32 bits per heavy atom. The van der Waals surface area contributed by atoms with E-state index in [1.54, 1.807) is 13.8 Å². The fourth-order valence-electron chi connectivity index (χ4n) is 2.78. The van der Waals surface area contributed by atoms with E-state index in [4.69, 9.17) is 0 Å². The summed E-state index contributed by atoms with van der Waals surface area (Å²) in [6.07, 6.45) is -2.48. The number of rotatable bonds is 8. The van der Waals surface area contributed by atoms with E-state index < -0.39 is 42.7 Å². The van der Waals surface area contributed by atoms with E-state index in [0.717, 1.165) is 4.90 Å². The molecule has 2 heterocycles. The van der Waals surface area contributed by atoms with Gasteiger partial charge in [0.15, 0.2) is 6.61 Å². The Hall–Kier alpha value is -2.85. The molecule has 1 fully saturated rings. The summed E-state index contributed by atoms with van der Waals surface area (Å²) in [5, 5.41) is 5.06. The molecule has 1 aromatic rings. The third kappa shape index (κ3) is 4.90. The van der Waals surface area contributed by atoms with Gasteiger partial charge in [0, 0.05) is 18.3 Å². The Morgan fingerprint density at radius 3 is 2.57 bits per heavy atom. The lowest BCUT2D eigenvalue weighted by Crippen LogP contribution is -2.46. The SMILES string of the molecule is CCC1(CC)NC(=O)N(CC(=O)NCc2cccnc2OCC(F)(F)F)C1=O. The van der Waals surface area contributed by atoms with Gasteiger partial charge in [-0.2, -0.15) is 13.2 Å². The van der Waals surface area contributed by atoms with Gasteiger partial charge < -0.3 is 15.4 Å². The molecule has 0 aromatic carbocycles. The highest BCUT2D eigenvalue weighted by Crippen LogP contribution is 2.24. The Bertz CT molecular complexity index is 750. The smallest absolute Gasteiger partial charge is 0.422 e. The highest BCUT2D eigenvalue weighted by atomic mass is 19.4. The zero-order valence-corrected chi connectivity index (χ0v) is 15.4. The maximum absolute atomic E-state index is 12.5. The number of aromatic nitrogens is 1. The summed E-state index contributed by atoms with van der Waals surface area (Å²) in [4.78, 5) is 41.2. The molecule has 1 aliphatic heterocycles. The molecule has 2 N–H and O–H groups in total. The molecule has 0 atom stereocenters. The van der Waals surface area contributed by atoms with Crippen LogP contribution in [-0.2, 0) is 16.1 Å². The summed E-state index contributed by atoms with van der Waals surface area (Å²) in [5.41, 5.74) is -0.784. The molecule has 8 nitrogen and oxygen atoms in total. The van der Waals surface area contributed by atoms with E-state index in [1.807, 2.05) is 0 Å². The van der Waals surface area contributed by atoms with Crippen LogP contribution in [0.15, 0.2) is 18.3 Å². The van der Waals surface area contributed by atoms with E-state index >= 15 is 0 Å². The molecule has 4 amide bonds. The van der Waals surface area contributed by atoms with Crippen molar-refractivity contribution in [2.24, 2.45) is 0 Å². The summed E-state index contributed by atoms with van der Waals surface area (Å²) in [6.45, 7) is 1.34. The van der Waals surface area contributed by atoms with Crippen molar-refractivity contribution in [3.05, 3.63) is 23.9 Å². The number of carbonyl (C=O) groups excluding carboxylic acids is 3. The van der Waals surface area contributed by atoms with Gasteiger partial charge in [0.25, 0.3) is 5.91 Å². The van der Waals surface area contributed by atoms with Crippen LogP contribution in [0, 0.1) is 0 Å². The van der Waals surface area contributed by atoms with Crippen molar-refractivity contribution < 1.29 is 32.3 Å². The Morgan fingerprint density at radius 2 is 2.00 bits per heavy atom. The molecular formula is C17H21F3N4O4. The Labute approximate surface area is 159 Å². The second-order valence-corrected chi connectivity index (χ2v) is 6.26. The second kappa shape index (κ2) is 8.44. The van der Waals surface area contributed by atoms with Crippen LogP contribution in [0.2, 0.25) is 0 Å². The van der Waals surface area contributed by atoms with E-state index in [0.29, 0.717) is 12.8 Å². The number of ether oxygens (including phenoxy) is 1. The predicted octanol–water partition coefficient (Wildman–Crippen LogP) is 1.75. The molecule has 0 bridgehead atoms. The average molecular weight is 402 g/mol. The molecular weight excluding hydrogens is 381 g/mol. The molecule has 2 rings (SSSR count). The minimum absolute atomic E-state index is 0.170. The van der Waals surface area contributed by atoms with Gasteiger partial charge in [0.05, 0.1) is 0 Å². The van der Waals surface area contributed by atoms with Crippen molar-refractivity contribution in [2.45, 2.75) is 44.9 Å². The predicted molar refractivity (Wildman–Crippen MR) is 91.2 cm³/mol. The molecule has 0 spiro atoms. The van der Waals surface area contributed by atoms with Crippen molar-refractivity contribution in [3.63, 3.8) is 0 Å². The highest BCUT2D eigenvalue weighted by molar-refractivity contribution is 6.08. The van der Waals surface area contributed by atoms with Crippen LogP contribution < -0.4 is 15.4 Å². The number of nitrogens with zero attached hydrogens (tertiary/aromatic N) is 2. The first-order chi connectivity index (χ1) is 13.1. The molecule has 0 radical (unpaired) electrons. The maximum Gasteiger partial charge on any atom is 0.422 e. The van der Waals surface area contributed by atoms with Crippen LogP contribution >= 0.6 is 0 Å². The monoisotopic (exact) mass is 402 g/mol. The van der Waals surface area contributed by atoms with E-state index in [9.17, 15) is 27.6 Å². The quantitative estimate of drug-likeness (QED) is 0.646. The number of hydrogen-bond donors (Lipinski definition) is 2. The van der Waals surface area contributed by atoms with Crippen LogP contribution in [0.3, 0.4) is 0 Å². The van der Waals surface area contributed by atoms with Gasteiger partial charge in [-0.25, -0.2) is 9.78 Å². The van der Waals surface area contributed by atoms with Crippen molar-refractivity contribution in [1.82, 2.24) is 20.5 Å². The van der Waals surface area contributed by atoms with Crippen molar-refractivity contribution in [2.75, 3.05) is 13.2 Å². The third-order valence-corrected chi connectivity index (χ3v) is 4.45. The van der Waals surface area contributed by atoms with Gasteiger partial charge in [-0.15, -0.1) is 0 Å². The van der Waals surface area contributed by atoms with E-state index in [-0.39, 0.29) is 18.0 Å². The fraction of sp³-hybridized carbons (Fsp3) is 0.529. The summed E-state index contributed by atoms with van der Waals surface area (Å²) in [5.74, 6) is -1.38. The van der Waals surface area contributed by atoms with Crippen molar-refractivity contribution in [3.8, 4) is 5.88 Å². The molecule has 1 saturated heterocycles. The first-order valence-electron chi connectivity index (χ1n) is 8.66. The normalized spacial score (nSPS) is 16.1. The zero-order valence-electron chi connectivity index (χ0n) is 15.4. The molecule has 1 aromatic heterocycles. The number of nitrogens with one attached hydrogen (secondary N) is 2. The van der Waals surface area contributed by atoms with E-state index in [1.165, 1.54) is 18.3 Å². The van der Waals surface area contributed by atoms with Crippen LogP contribution in [0.5, 0.6) is 5.88 Å². The molecule has 0 unspecified atom stereocenters. The van der Waals surface area contributed by atoms with Gasteiger partial charge in [0.2, 0.25) is 11.8 Å².